The van der Waals surface area contributed by atoms with Crippen molar-refractivity contribution in [1.82, 2.24) is 15.4 Å². The van der Waals surface area contributed by atoms with E-state index < -0.39 is 10.0 Å². The Kier molecular flexibility index (Phi) is 6.32. The number of rotatable bonds is 6. The molecule has 1 aromatic carbocycles. The quantitative estimate of drug-likeness (QED) is 0.699. The average Bonchev–Trinajstić information content (AvgIpc) is 2.61. The number of benzene rings is 1. The van der Waals surface area contributed by atoms with Crippen molar-refractivity contribution in [2.45, 2.75) is 68.8 Å². The molecule has 7 heteroatoms. The number of fused-ring (bicyclic) bond motifs is 1. The lowest BCUT2D eigenvalue weighted by atomic mass is 9.92. The molecule has 1 saturated heterocycles. The fraction of sp³-hybridized carbons (Fsp3) is 0.632. The maximum absolute atomic E-state index is 12.5. The Bertz CT molecular complexity index is 748. The van der Waals surface area contributed by atoms with Crippen molar-refractivity contribution >= 4 is 15.9 Å². The number of carbonyl (C=O) groups is 1. The van der Waals surface area contributed by atoms with Crippen LogP contribution >= 0.6 is 0 Å². The Morgan fingerprint density at radius 1 is 1.23 bits per heavy atom. The van der Waals surface area contributed by atoms with E-state index in [9.17, 15) is 13.2 Å². The highest BCUT2D eigenvalue weighted by atomic mass is 32.2. The van der Waals surface area contributed by atoms with Crippen molar-refractivity contribution in [2.24, 2.45) is 0 Å². The Labute approximate surface area is 156 Å². The van der Waals surface area contributed by atoms with Gasteiger partial charge >= 0.3 is 0 Å². The van der Waals surface area contributed by atoms with Gasteiger partial charge in [-0.25, -0.2) is 13.1 Å². The van der Waals surface area contributed by atoms with Crippen LogP contribution in [0.1, 0.15) is 50.2 Å². The van der Waals surface area contributed by atoms with Gasteiger partial charge in [-0.3, -0.25) is 4.79 Å². The highest BCUT2D eigenvalue weighted by Crippen LogP contribution is 2.24. The molecule has 0 saturated carbocycles. The van der Waals surface area contributed by atoms with Crippen molar-refractivity contribution in [3.63, 3.8) is 0 Å². The Morgan fingerprint density at radius 2 is 2.00 bits per heavy atom. The Balaban J connectivity index is 1.49. The van der Waals surface area contributed by atoms with Crippen molar-refractivity contribution in [2.75, 3.05) is 13.1 Å². The number of aryl methyl sites for hydroxylation is 2. The maximum Gasteiger partial charge on any atom is 0.240 e. The minimum atomic E-state index is -3.57. The third-order valence-corrected chi connectivity index (χ3v) is 6.72. The predicted octanol–water partition coefficient (Wildman–Crippen LogP) is 1.49. The van der Waals surface area contributed by atoms with Crippen molar-refractivity contribution in [3.8, 4) is 0 Å². The van der Waals surface area contributed by atoms with Crippen LogP contribution in [-0.4, -0.2) is 39.5 Å². The second-order valence-electron chi connectivity index (χ2n) is 7.43. The summed E-state index contributed by atoms with van der Waals surface area (Å²) in [6, 6.07) is 5.96. The van der Waals surface area contributed by atoms with Crippen LogP contribution < -0.4 is 15.4 Å². The van der Waals surface area contributed by atoms with Gasteiger partial charge in [-0.2, -0.15) is 0 Å². The molecule has 1 aromatic rings. The van der Waals surface area contributed by atoms with E-state index in [0.29, 0.717) is 10.9 Å². The lowest BCUT2D eigenvalue weighted by Gasteiger charge is -2.28. The normalized spacial score (nSPS) is 23.3. The molecule has 144 valence electrons. The van der Waals surface area contributed by atoms with Crippen LogP contribution in [-0.2, 0) is 27.7 Å². The summed E-state index contributed by atoms with van der Waals surface area (Å²) in [5.74, 6) is -0.0998. The standard InChI is InChI=1S/C19H29N3O3S/c1-14-12-17(8-10-20-14)22-19(23)9-11-21-26(24,25)18-7-6-15-4-2-3-5-16(15)13-18/h6-7,13-14,17,20-21H,2-5,8-12H2,1H3,(H,22,23). The minimum Gasteiger partial charge on any atom is -0.353 e. The summed E-state index contributed by atoms with van der Waals surface area (Å²) < 4.78 is 27.5. The van der Waals surface area contributed by atoms with E-state index in [-0.39, 0.29) is 24.9 Å². The Hall–Kier alpha value is -1.44. The molecule has 3 N–H and O–H groups in total. The molecule has 1 fully saturated rings. The SMILES string of the molecule is CC1CC(NC(=O)CCNS(=O)(=O)c2ccc3c(c2)CCCC3)CCN1. The van der Waals surface area contributed by atoms with Crippen LogP contribution in [0.15, 0.2) is 23.1 Å². The van der Waals surface area contributed by atoms with Gasteiger partial charge < -0.3 is 10.6 Å². The first kappa shape index (κ1) is 19.3. The summed E-state index contributed by atoms with van der Waals surface area (Å²) in [4.78, 5) is 12.4. The van der Waals surface area contributed by atoms with Gasteiger partial charge in [0.2, 0.25) is 15.9 Å². The Morgan fingerprint density at radius 3 is 2.77 bits per heavy atom. The maximum atomic E-state index is 12.5. The van der Waals surface area contributed by atoms with E-state index in [0.717, 1.165) is 44.2 Å². The molecule has 1 aliphatic carbocycles. The number of nitrogens with one attached hydrogen (secondary N) is 3. The summed E-state index contributed by atoms with van der Waals surface area (Å²) in [5, 5.41) is 6.35. The predicted molar refractivity (Wildman–Crippen MR) is 102 cm³/mol. The van der Waals surface area contributed by atoms with E-state index in [1.807, 2.05) is 6.07 Å². The van der Waals surface area contributed by atoms with Crippen LogP contribution in [0.2, 0.25) is 0 Å². The van der Waals surface area contributed by atoms with Gasteiger partial charge in [0.1, 0.15) is 0 Å². The molecule has 26 heavy (non-hydrogen) atoms. The van der Waals surface area contributed by atoms with Crippen molar-refractivity contribution in [3.05, 3.63) is 29.3 Å². The first-order chi connectivity index (χ1) is 12.4. The molecular weight excluding hydrogens is 350 g/mol. The number of hydrogen-bond donors (Lipinski definition) is 3. The van der Waals surface area contributed by atoms with Crippen LogP contribution in [0.4, 0.5) is 0 Å². The number of amides is 1. The zero-order chi connectivity index (χ0) is 18.6. The molecular formula is C19H29N3O3S. The summed E-state index contributed by atoms with van der Waals surface area (Å²) in [6.07, 6.45) is 6.22. The highest BCUT2D eigenvalue weighted by molar-refractivity contribution is 7.89. The molecule has 2 unspecified atom stereocenters. The number of carbonyl (C=O) groups excluding carboxylic acids is 1. The van der Waals surface area contributed by atoms with Gasteiger partial charge in [0.05, 0.1) is 4.90 Å². The number of piperidine rings is 1. The van der Waals surface area contributed by atoms with Gasteiger partial charge in [-0.05, 0) is 75.3 Å². The number of hydrogen-bond acceptors (Lipinski definition) is 4. The largest absolute Gasteiger partial charge is 0.353 e. The molecule has 1 amide bonds. The average molecular weight is 380 g/mol. The van der Waals surface area contributed by atoms with Crippen molar-refractivity contribution < 1.29 is 13.2 Å². The van der Waals surface area contributed by atoms with E-state index in [1.54, 1.807) is 12.1 Å². The first-order valence-electron chi connectivity index (χ1n) is 9.58. The molecule has 1 heterocycles. The molecule has 3 rings (SSSR count). The molecule has 6 nitrogen and oxygen atoms in total. The van der Waals surface area contributed by atoms with Gasteiger partial charge in [0.15, 0.2) is 0 Å². The monoisotopic (exact) mass is 379 g/mol. The van der Waals surface area contributed by atoms with Crippen LogP contribution in [0.25, 0.3) is 0 Å². The smallest absolute Gasteiger partial charge is 0.240 e. The van der Waals surface area contributed by atoms with E-state index >= 15 is 0 Å². The lowest BCUT2D eigenvalue weighted by molar-refractivity contribution is -0.121. The van der Waals surface area contributed by atoms with E-state index in [1.165, 1.54) is 12.0 Å². The first-order valence-corrected chi connectivity index (χ1v) is 11.1. The molecule has 0 bridgehead atoms. The molecule has 1 aliphatic heterocycles. The summed E-state index contributed by atoms with van der Waals surface area (Å²) in [5.41, 5.74) is 2.39. The molecule has 0 aromatic heterocycles. The molecule has 0 spiro atoms. The summed E-state index contributed by atoms with van der Waals surface area (Å²) in [6.45, 7) is 3.12. The minimum absolute atomic E-state index is 0.0998. The van der Waals surface area contributed by atoms with Gasteiger partial charge in [0, 0.05) is 25.0 Å². The zero-order valence-corrected chi connectivity index (χ0v) is 16.2. The van der Waals surface area contributed by atoms with Crippen LogP contribution in [0.3, 0.4) is 0 Å². The molecule has 2 aliphatic rings. The second-order valence-corrected chi connectivity index (χ2v) is 9.20. The summed E-state index contributed by atoms with van der Waals surface area (Å²) >= 11 is 0. The highest BCUT2D eigenvalue weighted by Gasteiger charge is 2.21. The van der Waals surface area contributed by atoms with Crippen molar-refractivity contribution in [1.29, 1.82) is 0 Å². The zero-order valence-electron chi connectivity index (χ0n) is 15.4. The molecule has 2 atom stereocenters. The lowest BCUT2D eigenvalue weighted by Crippen LogP contribution is -2.47. The topological polar surface area (TPSA) is 87.3 Å². The van der Waals surface area contributed by atoms with Crippen LogP contribution in [0.5, 0.6) is 0 Å². The second kappa shape index (κ2) is 8.50. The summed E-state index contributed by atoms with van der Waals surface area (Å²) in [7, 11) is -3.57. The fourth-order valence-electron chi connectivity index (χ4n) is 3.82. The third kappa shape index (κ3) is 5.05. The molecule has 0 radical (unpaired) electrons. The van der Waals surface area contributed by atoms with Gasteiger partial charge in [0.25, 0.3) is 0 Å². The third-order valence-electron chi connectivity index (χ3n) is 5.26. The van der Waals surface area contributed by atoms with Gasteiger partial charge in [-0.15, -0.1) is 0 Å². The van der Waals surface area contributed by atoms with E-state index in [2.05, 4.69) is 22.3 Å². The number of sulfonamides is 1. The fourth-order valence-corrected chi connectivity index (χ4v) is 4.90. The van der Waals surface area contributed by atoms with E-state index in [4.69, 9.17) is 0 Å². The van der Waals surface area contributed by atoms with Crippen LogP contribution in [0, 0.1) is 0 Å². The van der Waals surface area contributed by atoms with Gasteiger partial charge in [-0.1, -0.05) is 6.07 Å².